The average molecular weight is 646 g/mol. The molecule has 47 heavy (non-hydrogen) atoms. The van der Waals surface area contributed by atoms with E-state index in [1.54, 1.807) is 57.4 Å². The molecule has 2 aromatic heterocycles. The van der Waals surface area contributed by atoms with Crippen molar-refractivity contribution in [3.63, 3.8) is 0 Å². The van der Waals surface area contributed by atoms with E-state index < -0.39 is 41.4 Å². The van der Waals surface area contributed by atoms with Gasteiger partial charge in [0.15, 0.2) is 11.0 Å². The number of aromatic nitrogens is 1. The number of allylic oxidation sites excluding steroid dienone is 1. The average Bonchev–Trinajstić information content (AvgIpc) is 3.05. The van der Waals surface area contributed by atoms with Crippen LogP contribution >= 0.6 is 0 Å². The van der Waals surface area contributed by atoms with E-state index in [4.69, 9.17) is 19.6 Å². The Bertz CT molecular complexity index is 1870. The molecule has 1 aliphatic rings. The molecule has 1 aliphatic heterocycles. The van der Waals surface area contributed by atoms with E-state index in [1.165, 1.54) is 12.1 Å². The molecule has 3 atom stereocenters. The van der Waals surface area contributed by atoms with Crippen LogP contribution in [0.5, 0.6) is 17.2 Å². The van der Waals surface area contributed by atoms with Gasteiger partial charge in [-0.2, -0.15) is 0 Å². The minimum absolute atomic E-state index is 0.0434. The number of aromatic hydroxyl groups is 2. The quantitative estimate of drug-likeness (QED) is 0.103. The number of benzene rings is 2. The fourth-order valence-electron chi connectivity index (χ4n) is 6.06. The van der Waals surface area contributed by atoms with E-state index in [9.17, 15) is 30.0 Å². The van der Waals surface area contributed by atoms with Gasteiger partial charge >= 0.3 is 5.97 Å². The third-order valence-electron chi connectivity index (χ3n) is 8.76. The Balaban J connectivity index is 1.75. The van der Waals surface area contributed by atoms with Crippen molar-refractivity contribution in [1.29, 1.82) is 0 Å². The van der Waals surface area contributed by atoms with Gasteiger partial charge in [-0.25, -0.2) is 9.78 Å². The first-order valence-corrected chi connectivity index (χ1v) is 15.3. The fourth-order valence-corrected chi connectivity index (χ4v) is 6.06. The Kier molecular flexibility index (Phi) is 9.85. The number of aliphatic hydroxyl groups excluding tert-OH is 2. The van der Waals surface area contributed by atoms with Crippen LogP contribution in [0.15, 0.2) is 69.5 Å². The number of carbonyl (C=O) groups excluding carboxylic acids is 1. The largest absolute Gasteiger partial charge is 0.508 e. The Hall–Kier alpha value is -4.91. The lowest BCUT2D eigenvalue weighted by molar-refractivity contribution is -0.166. The molecule has 4 aromatic rings. The lowest BCUT2D eigenvalue weighted by Gasteiger charge is -2.46. The van der Waals surface area contributed by atoms with Gasteiger partial charge in [-0.05, 0) is 69.6 Å². The Morgan fingerprint density at radius 1 is 1.23 bits per heavy atom. The summed E-state index contributed by atoms with van der Waals surface area (Å²) in [4.78, 5) is 31.1. The summed E-state index contributed by atoms with van der Waals surface area (Å²) in [7, 11) is 1.77. The van der Waals surface area contributed by atoms with Gasteiger partial charge in [-0.1, -0.05) is 24.3 Å². The third-order valence-corrected chi connectivity index (χ3v) is 8.76. The monoisotopic (exact) mass is 645 g/mol. The summed E-state index contributed by atoms with van der Waals surface area (Å²) in [5.41, 5.74) is 5.70. The number of nitrogens with zero attached hydrogens (tertiary/aromatic N) is 1. The van der Waals surface area contributed by atoms with Crippen LogP contribution in [-0.2, 0) is 29.0 Å². The second kappa shape index (κ2) is 13.8. The molecular formula is C35H39N3O9. The highest BCUT2D eigenvalue weighted by Gasteiger charge is 2.51. The Morgan fingerprint density at radius 3 is 2.66 bits per heavy atom. The predicted octanol–water partition coefficient (Wildman–Crippen LogP) is 3.35. The van der Waals surface area contributed by atoms with E-state index in [0.717, 1.165) is 11.6 Å². The summed E-state index contributed by atoms with van der Waals surface area (Å²) in [6.07, 6.45) is 2.79. The number of phenols is 2. The molecule has 3 heterocycles. The number of fused-ring (bicyclic) bond motifs is 2. The standard InChI is InChI=1S/C35H39N3O9/c1-4-20(10-11-37-3)34(44)46-27-15-25-31(43)30-26(42)14-24(18-40)45-33(30)29(21-6-5-7-23(41)13-21)32(25)47-35(27,2)22(17-39)12-19-8-9-28(36)38-16-19/h4-9,13-14,16,22,27,37,39-41,43H,10-12,15,17-18H2,1-3H3,(H2,36,38)/b20-4-/t22-,27+,35-/m0/s1. The summed E-state index contributed by atoms with van der Waals surface area (Å²) in [5.74, 6) is -1.37. The van der Waals surface area contributed by atoms with E-state index in [-0.39, 0.29) is 58.8 Å². The van der Waals surface area contributed by atoms with Crippen molar-refractivity contribution in [1.82, 2.24) is 10.3 Å². The van der Waals surface area contributed by atoms with Crippen molar-refractivity contribution in [3.05, 3.63) is 87.4 Å². The maximum absolute atomic E-state index is 13.6. The first kappa shape index (κ1) is 33.5. The second-order valence-electron chi connectivity index (χ2n) is 11.7. The summed E-state index contributed by atoms with van der Waals surface area (Å²) < 4.78 is 18.9. The van der Waals surface area contributed by atoms with E-state index in [2.05, 4.69) is 10.3 Å². The van der Waals surface area contributed by atoms with Crippen molar-refractivity contribution in [2.45, 2.75) is 51.4 Å². The van der Waals surface area contributed by atoms with Gasteiger partial charge in [-0.3, -0.25) is 4.79 Å². The van der Waals surface area contributed by atoms with Gasteiger partial charge in [0.25, 0.3) is 0 Å². The highest BCUT2D eigenvalue weighted by atomic mass is 16.6. The zero-order valence-electron chi connectivity index (χ0n) is 26.4. The van der Waals surface area contributed by atoms with Gasteiger partial charge < -0.3 is 45.4 Å². The normalized spacial score (nSPS) is 18.4. The number of rotatable bonds is 11. The summed E-state index contributed by atoms with van der Waals surface area (Å²) >= 11 is 0. The van der Waals surface area contributed by atoms with Crippen molar-refractivity contribution < 1.29 is 39.1 Å². The van der Waals surface area contributed by atoms with Crippen molar-refractivity contribution in [2.75, 3.05) is 25.9 Å². The molecule has 0 fully saturated rings. The number of carbonyl (C=O) groups is 1. The molecule has 0 bridgehead atoms. The number of hydrogen-bond donors (Lipinski definition) is 6. The maximum atomic E-state index is 13.6. The number of nitrogens with two attached hydrogens (primary N) is 1. The van der Waals surface area contributed by atoms with Crippen molar-refractivity contribution in [3.8, 4) is 28.4 Å². The number of anilines is 1. The zero-order chi connectivity index (χ0) is 33.9. The number of hydrogen-bond acceptors (Lipinski definition) is 12. The smallest absolute Gasteiger partial charge is 0.334 e. The van der Waals surface area contributed by atoms with Crippen LogP contribution in [0, 0.1) is 5.92 Å². The van der Waals surface area contributed by atoms with Crippen LogP contribution in [0.2, 0.25) is 0 Å². The molecule has 0 saturated carbocycles. The third kappa shape index (κ3) is 6.53. The predicted molar refractivity (Wildman–Crippen MR) is 175 cm³/mol. The number of esters is 1. The zero-order valence-corrected chi connectivity index (χ0v) is 26.4. The number of nitrogens with one attached hydrogen (secondary N) is 1. The number of pyridine rings is 1. The van der Waals surface area contributed by atoms with E-state index >= 15 is 0 Å². The fraction of sp³-hybridized carbons (Fsp3) is 0.343. The first-order chi connectivity index (χ1) is 22.5. The van der Waals surface area contributed by atoms with Crippen LogP contribution in [0.4, 0.5) is 5.82 Å². The first-order valence-electron chi connectivity index (χ1n) is 15.3. The van der Waals surface area contributed by atoms with Crippen LogP contribution < -0.4 is 21.2 Å². The van der Waals surface area contributed by atoms with Crippen molar-refractivity contribution in [2.24, 2.45) is 5.92 Å². The number of phenolic OH excluding ortho intramolecular Hbond substituents is 2. The SMILES string of the molecule is C/C=C(/CCNC)C(=O)O[C@@H]1Cc2c(c(-c3cccc(O)c3)c3oc(CO)cc(=O)c3c2O)O[C@@]1(C)[C@H](CO)Cc1ccc(N)nc1. The minimum Gasteiger partial charge on any atom is -0.508 e. The number of ether oxygens (including phenoxy) is 2. The molecule has 5 rings (SSSR count). The molecule has 12 nitrogen and oxygen atoms in total. The molecule has 248 valence electrons. The molecule has 0 aliphatic carbocycles. The topological polar surface area (TPSA) is 198 Å². The van der Waals surface area contributed by atoms with Gasteiger partial charge in [-0.15, -0.1) is 0 Å². The van der Waals surface area contributed by atoms with E-state index in [0.29, 0.717) is 29.9 Å². The highest BCUT2D eigenvalue weighted by Crippen LogP contribution is 2.52. The second-order valence-corrected chi connectivity index (χ2v) is 11.7. The van der Waals surface area contributed by atoms with Crippen LogP contribution in [0.1, 0.15) is 37.2 Å². The lowest BCUT2D eigenvalue weighted by atomic mass is 9.76. The number of aliphatic hydroxyl groups is 2. The van der Waals surface area contributed by atoms with Crippen molar-refractivity contribution >= 4 is 22.8 Å². The molecule has 2 aromatic carbocycles. The molecule has 0 amide bonds. The van der Waals surface area contributed by atoms with E-state index in [1.807, 2.05) is 0 Å². The minimum atomic E-state index is -1.42. The lowest BCUT2D eigenvalue weighted by Crippen LogP contribution is -2.57. The molecule has 0 unspecified atom stereocenters. The molecule has 0 radical (unpaired) electrons. The summed E-state index contributed by atoms with van der Waals surface area (Å²) in [6.45, 7) is 3.02. The molecule has 12 heteroatoms. The van der Waals surface area contributed by atoms with Gasteiger partial charge in [0.2, 0.25) is 0 Å². The molecule has 7 N–H and O–H groups in total. The summed E-state index contributed by atoms with van der Waals surface area (Å²) in [6, 6.07) is 10.7. The molecular weight excluding hydrogens is 606 g/mol. The highest BCUT2D eigenvalue weighted by molar-refractivity contribution is 6.01. The molecule has 0 saturated heterocycles. The van der Waals surface area contributed by atoms with Gasteiger partial charge in [0.1, 0.15) is 52.5 Å². The van der Waals surface area contributed by atoms with Gasteiger partial charge in [0, 0.05) is 35.7 Å². The van der Waals surface area contributed by atoms with Crippen LogP contribution in [-0.4, -0.2) is 63.3 Å². The maximum Gasteiger partial charge on any atom is 0.334 e. The summed E-state index contributed by atoms with van der Waals surface area (Å²) in [5, 5.41) is 45.6. The van der Waals surface area contributed by atoms with Crippen LogP contribution in [0.25, 0.3) is 22.1 Å². The Labute approximate surface area is 271 Å². The molecule has 0 spiro atoms. The van der Waals surface area contributed by atoms with Crippen LogP contribution in [0.3, 0.4) is 0 Å². The number of nitrogen functional groups attached to an aromatic ring is 1. The Morgan fingerprint density at radius 2 is 2.02 bits per heavy atom. The van der Waals surface area contributed by atoms with Gasteiger partial charge in [0.05, 0.1) is 12.2 Å².